The van der Waals surface area contributed by atoms with Crippen LogP contribution in [0.2, 0.25) is 0 Å². The van der Waals surface area contributed by atoms with Crippen LogP contribution in [0.25, 0.3) is 22.5 Å². The highest BCUT2D eigenvalue weighted by Gasteiger charge is 2.30. The fourth-order valence-electron chi connectivity index (χ4n) is 5.24. The maximum absolute atomic E-state index is 12.9. The first kappa shape index (κ1) is 41.4. The van der Waals surface area contributed by atoms with E-state index in [1.54, 1.807) is 17.3 Å². The number of H-pyrrole nitrogens is 2. The van der Waals surface area contributed by atoms with E-state index in [-0.39, 0.29) is 32.2 Å². The Morgan fingerprint density at radius 3 is 1.60 bits per heavy atom. The van der Waals surface area contributed by atoms with E-state index < -0.39 is 37.4 Å². The zero-order valence-corrected chi connectivity index (χ0v) is 30.7. The normalized spacial score (nSPS) is 11.0. The number of imidazole rings is 2. The zero-order chi connectivity index (χ0) is 40.0. The van der Waals surface area contributed by atoms with Gasteiger partial charge in [-0.05, 0) is 48.9 Å². The fourth-order valence-corrected chi connectivity index (χ4v) is 5.24. The topological polar surface area (TPSA) is 178 Å². The lowest BCUT2D eigenvalue weighted by molar-refractivity contribution is -0.152. The van der Waals surface area contributed by atoms with Crippen LogP contribution in [0.15, 0.2) is 60.9 Å². The molecule has 55 heavy (non-hydrogen) atoms. The number of halogens is 3. The predicted octanol–water partition coefficient (Wildman–Crippen LogP) is 4.10. The fraction of sp³-hybridized carbons (Fsp3) is 0.351. The van der Waals surface area contributed by atoms with Gasteiger partial charge in [-0.25, -0.2) is 19.6 Å². The molecule has 0 aliphatic carbocycles. The summed E-state index contributed by atoms with van der Waals surface area (Å²) in [5.74, 6) is 6.33. The van der Waals surface area contributed by atoms with Crippen molar-refractivity contribution in [3.8, 4) is 34.4 Å². The third kappa shape index (κ3) is 13.2. The number of alkyl halides is 3. The van der Waals surface area contributed by atoms with Crippen LogP contribution in [0.5, 0.6) is 0 Å². The number of hydrogen-bond acceptors (Lipinski definition) is 9. The first-order valence-electron chi connectivity index (χ1n) is 17.0. The van der Waals surface area contributed by atoms with Crippen molar-refractivity contribution in [1.29, 1.82) is 0 Å². The summed E-state index contributed by atoms with van der Waals surface area (Å²) in [6.45, 7) is 0.324. The van der Waals surface area contributed by atoms with Gasteiger partial charge in [-0.15, -0.1) is 0 Å². The van der Waals surface area contributed by atoms with Crippen molar-refractivity contribution in [3.63, 3.8) is 0 Å². The summed E-state index contributed by atoms with van der Waals surface area (Å²) in [7, 11) is 3.60. The average Bonchev–Trinajstić information content (AvgIpc) is 3.84. The van der Waals surface area contributed by atoms with Crippen molar-refractivity contribution in [2.24, 2.45) is 0 Å². The number of carbonyl (C=O) groups excluding carboxylic acids is 4. The largest absolute Gasteiger partial charge is 0.453 e. The molecule has 0 aliphatic rings. The van der Waals surface area contributed by atoms with Crippen molar-refractivity contribution < 1.29 is 41.8 Å². The van der Waals surface area contributed by atoms with Gasteiger partial charge >= 0.3 is 18.4 Å². The standard InChI is InChI=1S/C37H42F3N9O6/c1-5-16-48(33(50)19-43-35(52)54-3)21-31-41-17-29(45-31)27-12-8-25(9-13-27)6-7-26-10-14-28(15-11-26)30-18-42-32(46-30)22-49(24-47(2)23-37(38,39)40)34(51)20-44-36(53)55-4/h8-15,17-18H,5,16,19-24H2,1-4H3,(H,41,45)(H,42,46)(H,43,52)(H,44,53). The van der Waals surface area contributed by atoms with E-state index in [1.807, 2.05) is 55.5 Å². The third-order valence-electron chi connectivity index (χ3n) is 7.88. The molecule has 0 saturated carbocycles. The maximum atomic E-state index is 12.9. The zero-order valence-electron chi connectivity index (χ0n) is 30.7. The van der Waals surface area contributed by atoms with E-state index in [0.717, 1.165) is 51.3 Å². The Balaban J connectivity index is 1.36. The summed E-state index contributed by atoms with van der Waals surface area (Å²) >= 11 is 0. The van der Waals surface area contributed by atoms with Gasteiger partial charge in [-0.2, -0.15) is 13.2 Å². The van der Waals surface area contributed by atoms with Gasteiger partial charge in [0, 0.05) is 17.7 Å². The summed E-state index contributed by atoms with van der Waals surface area (Å²) < 4.78 is 47.8. The number of aromatic nitrogens is 4. The van der Waals surface area contributed by atoms with Gasteiger partial charge in [0.25, 0.3) is 0 Å². The minimum Gasteiger partial charge on any atom is -0.453 e. The second-order valence-corrected chi connectivity index (χ2v) is 12.3. The van der Waals surface area contributed by atoms with E-state index >= 15 is 0 Å². The Labute approximate surface area is 315 Å². The number of hydrogen-bond donors (Lipinski definition) is 4. The molecule has 0 unspecified atom stereocenters. The van der Waals surface area contributed by atoms with Crippen LogP contribution < -0.4 is 10.6 Å². The number of rotatable bonds is 15. The van der Waals surface area contributed by atoms with E-state index in [0.29, 0.717) is 23.9 Å². The first-order chi connectivity index (χ1) is 26.3. The molecule has 2 heterocycles. The Kier molecular flexibility index (Phi) is 14.8. The van der Waals surface area contributed by atoms with Crippen LogP contribution in [-0.2, 0) is 32.2 Å². The van der Waals surface area contributed by atoms with E-state index in [2.05, 4.69) is 51.9 Å². The van der Waals surface area contributed by atoms with Crippen molar-refractivity contribution in [3.05, 3.63) is 83.7 Å². The van der Waals surface area contributed by atoms with Crippen molar-refractivity contribution in [2.75, 3.05) is 54.1 Å². The van der Waals surface area contributed by atoms with Gasteiger partial charge in [-0.3, -0.25) is 14.5 Å². The lowest BCUT2D eigenvalue weighted by Crippen LogP contribution is -2.46. The second-order valence-electron chi connectivity index (χ2n) is 12.3. The molecule has 2 aromatic carbocycles. The van der Waals surface area contributed by atoms with Gasteiger partial charge in [0.2, 0.25) is 11.8 Å². The highest BCUT2D eigenvalue weighted by Crippen LogP contribution is 2.21. The number of nitrogens with zero attached hydrogens (tertiary/aromatic N) is 5. The number of benzene rings is 2. The number of carbonyl (C=O) groups is 4. The third-order valence-corrected chi connectivity index (χ3v) is 7.88. The first-order valence-corrected chi connectivity index (χ1v) is 17.0. The van der Waals surface area contributed by atoms with E-state index in [4.69, 9.17) is 0 Å². The quantitative estimate of drug-likeness (QED) is 0.103. The molecule has 0 spiro atoms. The summed E-state index contributed by atoms with van der Waals surface area (Å²) in [6, 6.07) is 14.9. The maximum Gasteiger partial charge on any atom is 0.407 e. The van der Waals surface area contributed by atoms with Gasteiger partial charge in [0.1, 0.15) is 24.7 Å². The predicted molar refractivity (Wildman–Crippen MR) is 195 cm³/mol. The van der Waals surface area contributed by atoms with Crippen LogP contribution in [0.4, 0.5) is 22.8 Å². The molecule has 2 aromatic heterocycles. The monoisotopic (exact) mass is 765 g/mol. The van der Waals surface area contributed by atoms with E-state index in [1.165, 1.54) is 14.2 Å². The molecule has 0 aliphatic heterocycles. The van der Waals surface area contributed by atoms with Crippen molar-refractivity contribution in [1.82, 2.24) is 45.3 Å². The van der Waals surface area contributed by atoms with Crippen LogP contribution >= 0.6 is 0 Å². The number of amides is 4. The Morgan fingerprint density at radius 2 is 1.18 bits per heavy atom. The minimum atomic E-state index is -4.46. The minimum absolute atomic E-state index is 0.135. The molecule has 18 heteroatoms. The summed E-state index contributed by atoms with van der Waals surface area (Å²) in [6.07, 6.45) is -2.00. The van der Waals surface area contributed by atoms with Crippen LogP contribution in [0, 0.1) is 11.8 Å². The lowest BCUT2D eigenvalue weighted by Gasteiger charge is -2.28. The van der Waals surface area contributed by atoms with Crippen LogP contribution in [0.1, 0.15) is 36.1 Å². The molecule has 4 rings (SSSR count). The summed E-state index contributed by atoms with van der Waals surface area (Å²) in [5, 5.41) is 4.65. The van der Waals surface area contributed by atoms with Gasteiger partial charge in [-0.1, -0.05) is 43.0 Å². The summed E-state index contributed by atoms with van der Waals surface area (Å²) in [4.78, 5) is 67.0. The number of aromatic amines is 2. The van der Waals surface area contributed by atoms with Gasteiger partial charge in [0.05, 0.1) is 64.3 Å². The van der Waals surface area contributed by atoms with Crippen LogP contribution in [0.3, 0.4) is 0 Å². The molecular weight excluding hydrogens is 723 g/mol. The van der Waals surface area contributed by atoms with Gasteiger partial charge < -0.3 is 39.9 Å². The number of ether oxygens (including phenoxy) is 2. The molecule has 0 radical (unpaired) electrons. The average molecular weight is 766 g/mol. The Hall–Kier alpha value is -6.35. The SMILES string of the molecule is CCCN(Cc1ncc(-c2ccc(C#Cc3ccc(-c4cnc(CN(CN(C)CC(F)(F)F)C(=O)CNC(=O)OC)[nH]4)cc3)cc2)[nH]1)C(=O)CNC(=O)OC. The molecule has 0 atom stereocenters. The highest BCUT2D eigenvalue weighted by molar-refractivity contribution is 5.82. The number of nitrogens with one attached hydrogen (secondary N) is 4. The lowest BCUT2D eigenvalue weighted by atomic mass is 10.1. The molecule has 0 fully saturated rings. The molecule has 15 nitrogen and oxygen atoms in total. The molecular formula is C37H42F3N9O6. The molecule has 0 bridgehead atoms. The molecule has 0 saturated heterocycles. The Morgan fingerprint density at radius 1 is 0.745 bits per heavy atom. The number of alkyl carbamates (subject to hydrolysis) is 2. The Bertz CT molecular complexity index is 1970. The highest BCUT2D eigenvalue weighted by atomic mass is 19.4. The second kappa shape index (κ2) is 19.6. The molecule has 4 aromatic rings. The summed E-state index contributed by atoms with van der Waals surface area (Å²) in [5.41, 5.74) is 4.58. The van der Waals surface area contributed by atoms with Gasteiger partial charge in [0.15, 0.2) is 0 Å². The molecule has 4 N–H and O–H groups in total. The van der Waals surface area contributed by atoms with Crippen molar-refractivity contribution in [2.45, 2.75) is 32.6 Å². The van der Waals surface area contributed by atoms with Crippen LogP contribution in [-0.4, -0.2) is 119 Å². The van der Waals surface area contributed by atoms with Crippen molar-refractivity contribution >= 4 is 24.0 Å². The molecule has 292 valence electrons. The number of methoxy groups -OCH3 is 2. The van der Waals surface area contributed by atoms with E-state index in [9.17, 15) is 32.3 Å². The smallest absolute Gasteiger partial charge is 0.407 e. The molecule has 4 amide bonds.